The first-order valence-electron chi connectivity index (χ1n) is 12.4. The maximum absolute atomic E-state index is 13.1. The Morgan fingerprint density at radius 3 is 2.61 bits per heavy atom. The number of amides is 2. The average molecular weight is 533 g/mol. The van der Waals surface area contributed by atoms with E-state index >= 15 is 0 Å². The highest BCUT2D eigenvalue weighted by Gasteiger charge is 2.28. The van der Waals surface area contributed by atoms with Crippen LogP contribution in [0.5, 0.6) is 5.88 Å². The van der Waals surface area contributed by atoms with Crippen molar-refractivity contribution in [1.82, 2.24) is 25.4 Å². The van der Waals surface area contributed by atoms with Crippen LogP contribution in [0.4, 0.5) is 10.5 Å². The van der Waals surface area contributed by atoms with Crippen LogP contribution in [0.25, 0.3) is 11.4 Å². The fourth-order valence-corrected chi connectivity index (χ4v) is 4.03. The summed E-state index contributed by atoms with van der Waals surface area (Å²) in [4.78, 5) is 40.9. The van der Waals surface area contributed by atoms with Crippen molar-refractivity contribution in [2.45, 2.75) is 51.7 Å². The van der Waals surface area contributed by atoms with Crippen LogP contribution in [-0.2, 0) is 20.7 Å². The highest BCUT2D eigenvalue weighted by Crippen LogP contribution is 2.32. The van der Waals surface area contributed by atoms with Gasteiger partial charge in [0.15, 0.2) is 5.69 Å². The zero-order chi connectivity index (χ0) is 27.9. The predicted molar refractivity (Wildman–Crippen MR) is 138 cm³/mol. The summed E-state index contributed by atoms with van der Waals surface area (Å²) in [5.74, 6) is -0.915. The number of carboxylic acids is 1. The molecule has 13 nitrogen and oxygen atoms in total. The molecule has 0 bridgehead atoms. The highest BCUT2D eigenvalue weighted by atomic mass is 16.6. The van der Waals surface area contributed by atoms with Gasteiger partial charge in [-0.25, -0.2) is 4.79 Å². The number of alkyl carbamates (subject to hydrolysis) is 1. The van der Waals surface area contributed by atoms with Gasteiger partial charge in [-0.2, -0.15) is 0 Å². The summed E-state index contributed by atoms with van der Waals surface area (Å²) in [6, 6.07) is 3.38. The van der Waals surface area contributed by atoms with Gasteiger partial charge in [0.05, 0.1) is 24.6 Å². The zero-order valence-corrected chi connectivity index (χ0v) is 22.4. The lowest BCUT2D eigenvalue weighted by Crippen LogP contribution is -2.33. The maximum Gasteiger partial charge on any atom is 0.407 e. The number of hydrogen-bond acceptors (Lipinski definition) is 9. The maximum atomic E-state index is 13.1. The Kier molecular flexibility index (Phi) is 9.50. The number of aryl methyl sites for hydroxylation is 1. The molecule has 0 aromatic carbocycles. The van der Waals surface area contributed by atoms with Crippen molar-refractivity contribution in [3.05, 3.63) is 23.4 Å². The first-order valence-corrected chi connectivity index (χ1v) is 12.4. The summed E-state index contributed by atoms with van der Waals surface area (Å²) >= 11 is 0. The van der Waals surface area contributed by atoms with Gasteiger partial charge in [-0.05, 0) is 57.7 Å². The standard InChI is InChI=1S/C25H36N6O7/c1-25(2,3)38-24(35)26-9-6-7-15-11-19(23(34)31-10-8-16(14-31)36-4)29-30-21(15)17-12-18(22(28-17)37-5)27-13-20(32)33/h11-12,16,27-28H,6-10,13-14H2,1-5H3,(H,26,35)(H,32,33). The number of rotatable bonds is 11. The van der Waals surface area contributed by atoms with Gasteiger partial charge >= 0.3 is 12.1 Å². The van der Waals surface area contributed by atoms with Crippen molar-refractivity contribution in [1.29, 1.82) is 0 Å². The molecule has 13 heteroatoms. The molecule has 1 fully saturated rings. The minimum Gasteiger partial charge on any atom is -0.481 e. The number of carbonyl (C=O) groups excluding carboxylic acids is 2. The van der Waals surface area contributed by atoms with Crippen molar-refractivity contribution in [2.24, 2.45) is 0 Å². The summed E-state index contributed by atoms with van der Waals surface area (Å²) in [5.41, 5.74) is 1.81. The smallest absolute Gasteiger partial charge is 0.407 e. The van der Waals surface area contributed by atoms with Gasteiger partial charge < -0.3 is 39.8 Å². The van der Waals surface area contributed by atoms with E-state index < -0.39 is 17.7 Å². The molecule has 208 valence electrons. The van der Waals surface area contributed by atoms with E-state index in [-0.39, 0.29) is 24.2 Å². The number of hydrogen-bond donors (Lipinski definition) is 4. The average Bonchev–Trinajstić information content (AvgIpc) is 3.50. The van der Waals surface area contributed by atoms with E-state index in [2.05, 4.69) is 25.8 Å². The third-order valence-electron chi connectivity index (χ3n) is 5.82. The van der Waals surface area contributed by atoms with Crippen molar-refractivity contribution in [3.8, 4) is 17.3 Å². The number of methoxy groups -OCH3 is 2. The number of likely N-dealkylation sites (tertiary alicyclic amines) is 1. The number of aromatic nitrogens is 3. The Morgan fingerprint density at radius 1 is 1.21 bits per heavy atom. The molecule has 2 amide bonds. The van der Waals surface area contributed by atoms with E-state index in [1.165, 1.54) is 7.11 Å². The van der Waals surface area contributed by atoms with E-state index in [0.29, 0.717) is 55.4 Å². The Morgan fingerprint density at radius 2 is 1.97 bits per heavy atom. The zero-order valence-electron chi connectivity index (χ0n) is 22.4. The summed E-state index contributed by atoms with van der Waals surface area (Å²) in [5, 5.41) is 23.1. The largest absolute Gasteiger partial charge is 0.481 e. The van der Waals surface area contributed by atoms with E-state index in [1.807, 2.05) is 0 Å². The Hall–Kier alpha value is -3.87. The molecular weight excluding hydrogens is 496 g/mol. The fraction of sp³-hybridized carbons (Fsp3) is 0.560. The summed E-state index contributed by atoms with van der Waals surface area (Å²) in [6.45, 7) is 6.48. The molecule has 3 rings (SSSR count). The normalized spacial score (nSPS) is 15.3. The lowest BCUT2D eigenvalue weighted by molar-refractivity contribution is -0.134. The number of anilines is 1. The fourth-order valence-electron chi connectivity index (χ4n) is 4.03. The molecule has 1 atom stereocenters. The second kappa shape index (κ2) is 12.6. The summed E-state index contributed by atoms with van der Waals surface area (Å²) in [7, 11) is 3.09. The lowest BCUT2D eigenvalue weighted by Gasteiger charge is -2.19. The van der Waals surface area contributed by atoms with Crippen LogP contribution >= 0.6 is 0 Å². The van der Waals surface area contributed by atoms with Gasteiger partial charge in [-0.1, -0.05) is 0 Å². The Balaban J connectivity index is 1.83. The van der Waals surface area contributed by atoms with Crippen molar-refractivity contribution < 1.29 is 33.7 Å². The number of nitrogens with zero attached hydrogens (tertiary/aromatic N) is 3. The van der Waals surface area contributed by atoms with Crippen molar-refractivity contribution in [2.75, 3.05) is 45.7 Å². The van der Waals surface area contributed by atoms with Crippen molar-refractivity contribution in [3.63, 3.8) is 0 Å². The van der Waals surface area contributed by atoms with E-state index in [4.69, 9.17) is 19.3 Å². The molecule has 2 aromatic heterocycles. The molecule has 2 aromatic rings. The SMILES string of the molecule is COc1[nH]c(-c2nnc(C(=O)N3CCC(OC)C3)cc2CCCNC(=O)OC(C)(C)C)cc1NCC(=O)O. The number of nitrogens with one attached hydrogen (secondary N) is 3. The number of H-pyrrole nitrogens is 1. The van der Waals surface area contributed by atoms with Crippen LogP contribution in [0.2, 0.25) is 0 Å². The molecule has 1 aliphatic rings. The van der Waals surface area contributed by atoms with E-state index in [1.54, 1.807) is 44.9 Å². The third kappa shape index (κ3) is 7.81. The second-order valence-electron chi connectivity index (χ2n) is 9.91. The van der Waals surface area contributed by atoms with Gasteiger partial charge in [0.1, 0.15) is 17.8 Å². The number of carbonyl (C=O) groups is 3. The number of aromatic amines is 1. The van der Waals surface area contributed by atoms with E-state index in [0.717, 1.165) is 12.0 Å². The molecule has 38 heavy (non-hydrogen) atoms. The van der Waals surface area contributed by atoms with Gasteiger partial charge in [-0.15, -0.1) is 10.2 Å². The number of carboxylic acid groups (broad SMARTS) is 1. The van der Waals surface area contributed by atoms with Crippen LogP contribution in [0.15, 0.2) is 12.1 Å². The van der Waals surface area contributed by atoms with E-state index in [9.17, 15) is 14.4 Å². The molecular formula is C25H36N6O7. The molecule has 1 unspecified atom stereocenters. The van der Waals surface area contributed by atoms with Gasteiger partial charge in [0.2, 0.25) is 5.88 Å². The Labute approximate surface area is 221 Å². The Bertz CT molecular complexity index is 1140. The monoisotopic (exact) mass is 532 g/mol. The summed E-state index contributed by atoms with van der Waals surface area (Å²) < 4.78 is 16.0. The molecule has 0 radical (unpaired) electrons. The van der Waals surface area contributed by atoms with Crippen LogP contribution in [0.1, 0.15) is 49.7 Å². The van der Waals surface area contributed by atoms with Gasteiger partial charge in [0.25, 0.3) is 5.91 Å². The first-order chi connectivity index (χ1) is 18.0. The van der Waals surface area contributed by atoms with Crippen LogP contribution in [-0.4, -0.2) is 95.3 Å². The van der Waals surface area contributed by atoms with Crippen molar-refractivity contribution >= 4 is 23.7 Å². The van der Waals surface area contributed by atoms with Crippen LogP contribution in [0, 0.1) is 0 Å². The molecule has 3 heterocycles. The van der Waals surface area contributed by atoms with Crippen LogP contribution < -0.4 is 15.4 Å². The third-order valence-corrected chi connectivity index (χ3v) is 5.82. The molecule has 0 saturated carbocycles. The second-order valence-corrected chi connectivity index (χ2v) is 9.91. The van der Waals surface area contributed by atoms with Gasteiger partial charge in [-0.3, -0.25) is 9.59 Å². The molecule has 1 saturated heterocycles. The molecule has 0 aliphatic carbocycles. The molecule has 4 N–H and O–H groups in total. The van der Waals surface area contributed by atoms with Gasteiger partial charge in [0, 0.05) is 26.7 Å². The minimum atomic E-state index is -1.02. The lowest BCUT2D eigenvalue weighted by atomic mass is 10.1. The topological polar surface area (TPSA) is 168 Å². The quantitative estimate of drug-likeness (QED) is 0.315. The predicted octanol–water partition coefficient (Wildman–Crippen LogP) is 2.29. The van der Waals surface area contributed by atoms with Crippen LogP contribution in [0.3, 0.4) is 0 Å². The highest BCUT2D eigenvalue weighted by molar-refractivity contribution is 5.93. The number of ether oxygens (including phenoxy) is 3. The minimum absolute atomic E-state index is 0.00677. The molecule has 1 aliphatic heterocycles. The first kappa shape index (κ1) is 28.7. The summed E-state index contributed by atoms with van der Waals surface area (Å²) in [6.07, 6.45) is 1.26. The number of aliphatic carboxylic acids is 1. The molecule has 0 spiro atoms.